The van der Waals surface area contributed by atoms with Crippen LogP contribution in [0.5, 0.6) is 0 Å². The number of pyridine rings is 1. The Bertz CT molecular complexity index is 618. The lowest BCUT2D eigenvalue weighted by Crippen LogP contribution is -2.01. The van der Waals surface area contributed by atoms with Gasteiger partial charge < -0.3 is 15.2 Å². The molecule has 1 aromatic carbocycles. The van der Waals surface area contributed by atoms with Crippen LogP contribution < -0.4 is 5.56 Å². The van der Waals surface area contributed by atoms with E-state index >= 15 is 0 Å². The normalized spacial score (nSPS) is 9.47. The van der Waals surface area contributed by atoms with E-state index in [0.717, 1.165) is 10.9 Å². The highest BCUT2D eigenvalue weighted by Gasteiger charge is 2.00. The van der Waals surface area contributed by atoms with E-state index in [2.05, 4.69) is 4.98 Å². The molecular formula is C13H13NO5. The van der Waals surface area contributed by atoms with E-state index in [0.29, 0.717) is 0 Å². The van der Waals surface area contributed by atoms with Crippen LogP contribution in [0.25, 0.3) is 10.9 Å². The maximum Gasteiger partial charge on any atom is 0.303 e. The molecule has 0 fully saturated rings. The number of fused-ring (bicyclic) bond motifs is 1. The van der Waals surface area contributed by atoms with Gasteiger partial charge in [0.05, 0.1) is 12.8 Å². The first kappa shape index (κ1) is 14.4. The van der Waals surface area contributed by atoms with Gasteiger partial charge in [-0.3, -0.25) is 14.4 Å². The Morgan fingerprint density at radius 3 is 2.11 bits per heavy atom. The molecule has 1 heterocycles. The molecule has 0 saturated carbocycles. The summed E-state index contributed by atoms with van der Waals surface area (Å²) in [5, 5.41) is 16.9. The Hall–Kier alpha value is -2.63. The average molecular weight is 263 g/mol. The number of aliphatic carboxylic acids is 2. The highest BCUT2D eigenvalue weighted by atomic mass is 16.4. The number of carbonyl (C=O) groups is 2. The summed E-state index contributed by atoms with van der Waals surface area (Å²) < 4.78 is 0. The van der Waals surface area contributed by atoms with E-state index < -0.39 is 11.9 Å². The number of hydrogen-bond donors (Lipinski definition) is 3. The zero-order chi connectivity index (χ0) is 14.3. The van der Waals surface area contributed by atoms with Crippen molar-refractivity contribution in [2.24, 2.45) is 0 Å². The number of carboxylic acid groups (broad SMARTS) is 2. The van der Waals surface area contributed by atoms with Crippen molar-refractivity contribution in [2.45, 2.75) is 12.8 Å². The highest BCUT2D eigenvalue weighted by Crippen LogP contribution is 2.06. The smallest absolute Gasteiger partial charge is 0.303 e. The minimum absolute atomic E-state index is 0.0521. The van der Waals surface area contributed by atoms with Gasteiger partial charge in [-0.1, -0.05) is 18.2 Å². The maximum atomic E-state index is 10.8. The van der Waals surface area contributed by atoms with Crippen molar-refractivity contribution in [3.8, 4) is 0 Å². The van der Waals surface area contributed by atoms with Crippen LogP contribution in [-0.2, 0) is 9.59 Å². The van der Waals surface area contributed by atoms with Crippen LogP contribution in [0.15, 0.2) is 41.2 Å². The van der Waals surface area contributed by atoms with Crippen molar-refractivity contribution < 1.29 is 19.8 Å². The highest BCUT2D eigenvalue weighted by molar-refractivity contribution is 5.77. The molecule has 1 aromatic heterocycles. The topological polar surface area (TPSA) is 107 Å². The summed E-state index contributed by atoms with van der Waals surface area (Å²) in [5.74, 6) is -2.15. The van der Waals surface area contributed by atoms with Crippen molar-refractivity contribution in [2.75, 3.05) is 0 Å². The molecule has 6 nitrogen and oxygen atoms in total. The molecule has 0 aliphatic carbocycles. The average Bonchev–Trinajstić information content (AvgIpc) is 2.37. The Labute approximate surface area is 108 Å². The van der Waals surface area contributed by atoms with Gasteiger partial charge in [0.25, 0.3) is 0 Å². The molecule has 2 aromatic rings. The molecule has 6 heteroatoms. The van der Waals surface area contributed by atoms with Gasteiger partial charge in [-0.15, -0.1) is 0 Å². The number of benzene rings is 1. The van der Waals surface area contributed by atoms with Gasteiger partial charge in [0.2, 0.25) is 5.56 Å². The number of para-hydroxylation sites is 1. The van der Waals surface area contributed by atoms with E-state index in [1.807, 2.05) is 30.3 Å². The molecule has 0 aliphatic rings. The summed E-state index contributed by atoms with van der Waals surface area (Å²) in [5.41, 5.74) is 0.837. The zero-order valence-corrected chi connectivity index (χ0v) is 10.00. The third-order valence-electron chi connectivity index (χ3n) is 2.19. The van der Waals surface area contributed by atoms with E-state index in [-0.39, 0.29) is 18.4 Å². The van der Waals surface area contributed by atoms with Crippen LogP contribution in [0.3, 0.4) is 0 Å². The summed E-state index contributed by atoms with van der Waals surface area (Å²) in [6.07, 6.45) is -0.593. The lowest BCUT2D eigenvalue weighted by atomic mass is 10.2. The third-order valence-corrected chi connectivity index (χ3v) is 2.19. The summed E-state index contributed by atoms with van der Waals surface area (Å²) >= 11 is 0. The van der Waals surface area contributed by atoms with E-state index in [4.69, 9.17) is 10.2 Å². The molecule has 0 amide bonds. The van der Waals surface area contributed by atoms with Gasteiger partial charge in [-0.25, -0.2) is 0 Å². The number of hydrogen-bond acceptors (Lipinski definition) is 3. The van der Waals surface area contributed by atoms with Crippen molar-refractivity contribution in [1.29, 1.82) is 0 Å². The third kappa shape index (κ3) is 5.49. The quantitative estimate of drug-likeness (QED) is 0.777. The molecule has 3 N–H and O–H groups in total. The largest absolute Gasteiger partial charge is 0.481 e. The van der Waals surface area contributed by atoms with Crippen LogP contribution in [-0.4, -0.2) is 27.1 Å². The number of rotatable bonds is 3. The number of aromatic amines is 1. The Balaban J connectivity index is 0.000000203. The van der Waals surface area contributed by atoms with Gasteiger partial charge in [0, 0.05) is 11.6 Å². The van der Waals surface area contributed by atoms with Crippen molar-refractivity contribution in [3.05, 3.63) is 46.8 Å². The lowest BCUT2D eigenvalue weighted by Gasteiger charge is -1.93. The Kier molecular flexibility index (Phi) is 5.28. The zero-order valence-electron chi connectivity index (χ0n) is 10.00. The number of H-pyrrole nitrogens is 1. The van der Waals surface area contributed by atoms with E-state index in [1.165, 1.54) is 6.07 Å². The molecule has 0 saturated heterocycles. The standard InChI is InChI=1S/C9H7NO.C4H6O4/c11-9-6-5-7-3-1-2-4-8(7)10-9;5-3(6)1-2-4(7)8/h1-6H,(H,10,11);1-2H2,(H,5,6)(H,7,8). The molecule has 0 atom stereocenters. The van der Waals surface area contributed by atoms with Crippen LogP contribution in [0.4, 0.5) is 0 Å². The second-order valence-corrected chi connectivity index (χ2v) is 3.70. The van der Waals surface area contributed by atoms with Gasteiger partial charge >= 0.3 is 11.9 Å². The summed E-state index contributed by atoms with van der Waals surface area (Å²) in [4.78, 5) is 32.8. The van der Waals surface area contributed by atoms with Gasteiger partial charge in [0.15, 0.2) is 0 Å². The Morgan fingerprint density at radius 2 is 1.53 bits per heavy atom. The molecule has 100 valence electrons. The molecule has 0 aliphatic heterocycles. The predicted molar refractivity (Wildman–Crippen MR) is 69.1 cm³/mol. The fourth-order valence-corrected chi connectivity index (χ4v) is 1.31. The first-order valence-corrected chi connectivity index (χ1v) is 5.50. The van der Waals surface area contributed by atoms with E-state index in [1.54, 1.807) is 0 Å². The van der Waals surface area contributed by atoms with Crippen LogP contribution in [0, 0.1) is 0 Å². The number of carboxylic acids is 2. The minimum atomic E-state index is -1.08. The Morgan fingerprint density at radius 1 is 0.947 bits per heavy atom. The predicted octanol–water partition coefficient (Wildman–Crippen LogP) is 1.46. The van der Waals surface area contributed by atoms with Crippen LogP contribution in [0.1, 0.15) is 12.8 Å². The second kappa shape index (κ2) is 6.95. The SMILES string of the molecule is O=C(O)CCC(=O)O.O=c1ccc2ccccc2[nH]1. The molecular weight excluding hydrogens is 250 g/mol. The monoisotopic (exact) mass is 263 g/mol. The first-order valence-electron chi connectivity index (χ1n) is 5.50. The molecule has 0 bridgehead atoms. The van der Waals surface area contributed by atoms with Gasteiger partial charge in [-0.05, 0) is 17.5 Å². The first-order chi connectivity index (χ1) is 8.99. The molecule has 0 radical (unpaired) electrons. The molecule has 2 rings (SSSR count). The molecule has 19 heavy (non-hydrogen) atoms. The fourth-order valence-electron chi connectivity index (χ4n) is 1.31. The van der Waals surface area contributed by atoms with Gasteiger partial charge in [-0.2, -0.15) is 0 Å². The number of nitrogens with one attached hydrogen (secondary N) is 1. The van der Waals surface area contributed by atoms with Crippen molar-refractivity contribution in [3.63, 3.8) is 0 Å². The van der Waals surface area contributed by atoms with Crippen molar-refractivity contribution in [1.82, 2.24) is 4.98 Å². The van der Waals surface area contributed by atoms with Crippen molar-refractivity contribution >= 4 is 22.8 Å². The molecule has 0 unspecified atom stereocenters. The maximum absolute atomic E-state index is 10.8. The fraction of sp³-hybridized carbons (Fsp3) is 0.154. The van der Waals surface area contributed by atoms with E-state index in [9.17, 15) is 14.4 Å². The molecule has 0 spiro atoms. The summed E-state index contributed by atoms with van der Waals surface area (Å²) in [6.45, 7) is 0. The lowest BCUT2D eigenvalue weighted by molar-refractivity contribution is -0.143. The minimum Gasteiger partial charge on any atom is -0.481 e. The summed E-state index contributed by atoms with van der Waals surface area (Å²) in [6, 6.07) is 11.0. The van der Waals surface area contributed by atoms with Crippen LogP contribution >= 0.6 is 0 Å². The summed E-state index contributed by atoms with van der Waals surface area (Å²) in [7, 11) is 0. The number of aromatic nitrogens is 1. The van der Waals surface area contributed by atoms with Crippen LogP contribution in [0.2, 0.25) is 0 Å². The second-order valence-electron chi connectivity index (χ2n) is 3.70. The van der Waals surface area contributed by atoms with Gasteiger partial charge in [0.1, 0.15) is 0 Å².